The van der Waals surface area contributed by atoms with E-state index in [-0.39, 0.29) is 19.3 Å². The third-order valence-corrected chi connectivity index (χ3v) is 4.69. The van der Waals surface area contributed by atoms with Crippen molar-refractivity contribution in [2.24, 2.45) is 11.5 Å². The minimum Gasteiger partial charge on any atom is -0.480 e. The summed E-state index contributed by atoms with van der Waals surface area (Å²) in [5.41, 5.74) is 11.3. The number of nitrogens with two attached hydrogens (primary N) is 2. The SMILES string of the molecule is CC(N)C(=O)NC(CCC(N)=O)C(=O)NC(C(=O)NC(Cc1ccccc1)C(=O)O)C(C)O. The monoisotopic (exact) mass is 465 g/mol. The molecule has 0 bridgehead atoms. The van der Waals surface area contributed by atoms with Gasteiger partial charge in [0.2, 0.25) is 23.6 Å². The van der Waals surface area contributed by atoms with Gasteiger partial charge in [-0.25, -0.2) is 4.79 Å². The molecule has 12 nitrogen and oxygen atoms in total. The molecule has 5 unspecified atom stereocenters. The molecule has 0 heterocycles. The number of carboxylic acid groups (broad SMARTS) is 1. The highest BCUT2D eigenvalue weighted by Gasteiger charge is 2.32. The number of nitrogens with one attached hydrogen (secondary N) is 3. The minimum absolute atomic E-state index is 0.0198. The van der Waals surface area contributed by atoms with Crippen LogP contribution >= 0.6 is 0 Å². The van der Waals surface area contributed by atoms with Crippen LogP contribution in [0.2, 0.25) is 0 Å². The van der Waals surface area contributed by atoms with Gasteiger partial charge in [0.1, 0.15) is 18.1 Å². The second-order valence-corrected chi connectivity index (χ2v) is 7.67. The number of aliphatic carboxylic acids is 1. The van der Waals surface area contributed by atoms with E-state index < -0.39 is 59.9 Å². The van der Waals surface area contributed by atoms with Crippen LogP contribution in [0.5, 0.6) is 0 Å². The van der Waals surface area contributed by atoms with Crippen LogP contribution in [0.1, 0.15) is 32.3 Å². The van der Waals surface area contributed by atoms with Crippen molar-refractivity contribution in [1.82, 2.24) is 16.0 Å². The Balaban J connectivity index is 2.95. The standard InChI is InChI=1S/C21H31N5O7/c1-11(22)18(29)24-14(8-9-16(23)28)19(30)26-17(12(2)27)20(31)25-15(21(32)33)10-13-6-4-3-5-7-13/h3-7,11-12,14-15,17,27H,8-10,22H2,1-2H3,(H2,23,28)(H,24,29)(H,25,31)(H,26,30)(H,32,33). The van der Waals surface area contributed by atoms with Gasteiger partial charge in [-0.3, -0.25) is 19.2 Å². The van der Waals surface area contributed by atoms with E-state index in [4.69, 9.17) is 11.5 Å². The first-order chi connectivity index (χ1) is 15.4. The summed E-state index contributed by atoms with van der Waals surface area (Å²) in [6.07, 6.45) is -1.82. The number of aliphatic hydroxyl groups is 1. The summed E-state index contributed by atoms with van der Waals surface area (Å²) in [4.78, 5) is 60.1. The molecule has 33 heavy (non-hydrogen) atoms. The van der Waals surface area contributed by atoms with Crippen LogP contribution in [0.4, 0.5) is 0 Å². The van der Waals surface area contributed by atoms with Gasteiger partial charge < -0.3 is 37.6 Å². The maximum atomic E-state index is 12.7. The molecular weight excluding hydrogens is 434 g/mol. The first kappa shape index (κ1) is 27.5. The molecule has 0 spiro atoms. The van der Waals surface area contributed by atoms with Crippen LogP contribution in [-0.2, 0) is 30.4 Å². The van der Waals surface area contributed by atoms with Gasteiger partial charge in [-0.15, -0.1) is 0 Å². The molecule has 0 aromatic heterocycles. The molecule has 9 N–H and O–H groups in total. The number of carbonyl (C=O) groups is 5. The van der Waals surface area contributed by atoms with Crippen LogP contribution in [0, 0.1) is 0 Å². The van der Waals surface area contributed by atoms with Crippen molar-refractivity contribution in [3.05, 3.63) is 35.9 Å². The molecule has 12 heteroatoms. The highest BCUT2D eigenvalue weighted by atomic mass is 16.4. The quantitative estimate of drug-likeness (QED) is 0.169. The lowest BCUT2D eigenvalue weighted by Crippen LogP contribution is -2.60. The van der Waals surface area contributed by atoms with Crippen molar-refractivity contribution in [1.29, 1.82) is 0 Å². The van der Waals surface area contributed by atoms with Crippen molar-refractivity contribution >= 4 is 29.6 Å². The van der Waals surface area contributed by atoms with Crippen molar-refractivity contribution in [2.45, 2.75) is 63.4 Å². The Bertz CT molecular complexity index is 845. The highest BCUT2D eigenvalue weighted by Crippen LogP contribution is 2.06. The summed E-state index contributed by atoms with van der Waals surface area (Å²) in [5, 5.41) is 26.5. The smallest absolute Gasteiger partial charge is 0.326 e. The van der Waals surface area contributed by atoms with Gasteiger partial charge in [-0.2, -0.15) is 0 Å². The summed E-state index contributed by atoms with van der Waals surface area (Å²) < 4.78 is 0. The Hall–Kier alpha value is -3.51. The van der Waals surface area contributed by atoms with Gasteiger partial charge in [0, 0.05) is 12.8 Å². The van der Waals surface area contributed by atoms with Crippen molar-refractivity contribution < 1.29 is 34.2 Å². The van der Waals surface area contributed by atoms with Crippen molar-refractivity contribution in [3.63, 3.8) is 0 Å². The zero-order valence-electron chi connectivity index (χ0n) is 18.5. The number of hydrogen-bond donors (Lipinski definition) is 7. The first-order valence-electron chi connectivity index (χ1n) is 10.3. The van der Waals surface area contributed by atoms with E-state index in [9.17, 15) is 34.2 Å². The molecular formula is C21H31N5O7. The summed E-state index contributed by atoms with van der Waals surface area (Å²) in [7, 11) is 0. The summed E-state index contributed by atoms with van der Waals surface area (Å²) in [6, 6.07) is 3.54. The van der Waals surface area contributed by atoms with Crippen LogP contribution in [0.25, 0.3) is 0 Å². The fraction of sp³-hybridized carbons (Fsp3) is 0.476. The second-order valence-electron chi connectivity index (χ2n) is 7.67. The van der Waals surface area contributed by atoms with Gasteiger partial charge in [0.15, 0.2) is 0 Å². The Morgan fingerprint density at radius 2 is 1.48 bits per heavy atom. The summed E-state index contributed by atoms with van der Waals surface area (Å²) >= 11 is 0. The Kier molecular flexibility index (Phi) is 11.0. The van der Waals surface area contributed by atoms with Gasteiger partial charge in [-0.05, 0) is 25.8 Å². The average molecular weight is 466 g/mol. The molecule has 0 aliphatic rings. The fourth-order valence-electron chi connectivity index (χ4n) is 2.83. The molecule has 4 amide bonds. The molecule has 1 rings (SSSR count). The molecule has 0 saturated heterocycles. The lowest BCUT2D eigenvalue weighted by Gasteiger charge is -2.26. The number of carboxylic acids is 1. The van der Waals surface area contributed by atoms with Gasteiger partial charge >= 0.3 is 5.97 Å². The molecule has 0 saturated carbocycles. The third-order valence-electron chi connectivity index (χ3n) is 4.69. The predicted octanol–water partition coefficient (Wildman–Crippen LogP) is -2.24. The van der Waals surface area contributed by atoms with Gasteiger partial charge in [0.05, 0.1) is 12.1 Å². The van der Waals surface area contributed by atoms with E-state index in [1.807, 2.05) is 0 Å². The van der Waals surface area contributed by atoms with E-state index >= 15 is 0 Å². The number of primary amides is 1. The Labute approximate surface area is 191 Å². The largest absolute Gasteiger partial charge is 0.480 e. The van der Waals surface area contributed by atoms with Crippen LogP contribution in [0.15, 0.2) is 30.3 Å². The van der Waals surface area contributed by atoms with Crippen LogP contribution in [-0.4, -0.2) is 70.1 Å². The summed E-state index contributed by atoms with van der Waals surface area (Å²) in [5.74, 6) is -4.49. The van der Waals surface area contributed by atoms with E-state index in [1.54, 1.807) is 30.3 Å². The maximum absolute atomic E-state index is 12.7. The highest BCUT2D eigenvalue weighted by molar-refractivity contribution is 5.94. The number of benzene rings is 1. The minimum atomic E-state index is -1.53. The van der Waals surface area contributed by atoms with Crippen molar-refractivity contribution in [2.75, 3.05) is 0 Å². The maximum Gasteiger partial charge on any atom is 0.326 e. The molecule has 182 valence electrons. The number of amides is 4. The van der Waals surface area contributed by atoms with Gasteiger partial charge in [0.25, 0.3) is 0 Å². The molecule has 0 fully saturated rings. The van der Waals surface area contributed by atoms with Crippen LogP contribution < -0.4 is 27.4 Å². The predicted molar refractivity (Wildman–Crippen MR) is 117 cm³/mol. The number of carbonyl (C=O) groups excluding carboxylic acids is 4. The summed E-state index contributed by atoms with van der Waals surface area (Å²) in [6.45, 7) is 2.62. The van der Waals surface area contributed by atoms with Crippen molar-refractivity contribution in [3.8, 4) is 0 Å². The van der Waals surface area contributed by atoms with Crippen LogP contribution in [0.3, 0.4) is 0 Å². The molecule has 5 atom stereocenters. The molecule has 0 radical (unpaired) electrons. The molecule has 1 aromatic rings. The Morgan fingerprint density at radius 1 is 0.909 bits per heavy atom. The molecule has 0 aliphatic carbocycles. The second kappa shape index (κ2) is 13.1. The van der Waals surface area contributed by atoms with E-state index in [0.29, 0.717) is 5.56 Å². The average Bonchev–Trinajstić information content (AvgIpc) is 2.74. The number of hydrogen-bond acceptors (Lipinski definition) is 7. The lowest BCUT2D eigenvalue weighted by atomic mass is 10.0. The van der Waals surface area contributed by atoms with Gasteiger partial charge in [-0.1, -0.05) is 30.3 Å². The third kappa shape index (κ3) is 9.66. The zero-order valence-corrected chi connectivity index (χ0v) is 18.5. The fourth-order valence-corrected chi connectivity index (χ4v) is 2.83. The Morgan fingerprint density at radius 3 is 1.97 bits per heavy atom. The van der Waals surface area contributed by atoms with E-state index in [0.717, 1.165) is 0 Å². The normalized spacial score (nSPS) is 15.3. The first-order valence-corrected chi connectivity index (χ1v) is 10.3. The topological polar surface area (TPSA) is 214 Å². The van der Waals surface area contributed by atoms with E-state index in [1.165, 1.54) is 13.8 Å². The number of rotatable bonds is 13. The zero-order chi connectivity index (χ0) is 25.1. The molecule has 1 aromatic carbocycles. The molecule has 0 aliphatic heterocycles. The van der Waals surface area contributed by atoms with E-state index in [2.05, 4.69) is 16.0 Å². The lowest BCUT2D eigenvalue weighted by molar-refractivity contribution is -0.143. The number of aliphatic hydroxyl groups excluding tert-OH is 1.